The second-order valence-electron chi connectivity index (χ2n) is 11.6. The highest BCUT2D eigenvalue weighted by atomic mass is 16.3. The number of aromatic nitrogens is 4. The van der Waals surface area contributed by atoms with E-state index < -0.39 is 0 Å². The van der Waals surface area contributed by atoms with Crippen LogP contribution in [0.2, 0.25) is 0 Å². The lowest BCUT2D eigenvalue weighted by Gasteiger charge is -2.25. The summed E-state index contributed by atoms with van der Waals surface area (Å²) in [5, 5.41) is 29.6. The third kappa shape index (κ3) is 4.35. The quantitative estimate of drug-likeness (QED) is 0.355. The summed E-state index contributed by atoms with van der Waals surface area (Å²) in [4.78, 5) is 4.81. The van der Waals surface area contributed by atoms with Crippen molar-refractivity contribution in [1.29, 1.82) is 5.26 Å². The summed E-state index contributed by atoms with van der Waals surface area (Å²) in [6.45, 7) is 11.3. The van der Waals surface area contributed by atoms with Gasteiger partial charge in [-0.1, -0.05) is 6.07 Å². The fraction of sp³-hybridized carbons (Fsp3) is 0.406. The van der Waals surface area contributed by atoms with Gasteiger partial charge in [-0.2, -0.15) is 15.5 Å². The lowest BCUT2D eigenvalue weighted by atomic mass is 9.90. The van der Waals surface area contributed by atoms with E-state index in [2.05, 4.69) is 73.1 Å². The van der Waals surface area contributed by atoms with E-state index in [1.807, 2.05) is 36.4 Å². The molecule has 2 aromatic heterocycles. The van der Waals surface area contributed by atoms with Crippen LogP contribution in [0.1, 0.15) is 55.9 Å². The molecule has 0 amide bonds. The molecule has 1 unspecified atom stereocenters. The van der Waals surface area contributed by atoms with Crippen molar-refractivity contribution < 1.29 is 5.11 Å². The molecule has 8 nitrogen and oxygen atoms in total. The topological polar surface area (TPSA) is 86.1 Å². The zero-order chi connectivity index (χ0) is 28.1. The van der Waals surface area contributed by atoms with Crippen molar-refractivity contribution in [3.8, 4) is 28.3 Å². The van der Waals surface area contributed by atoms with Crippen LogP contribution in [0, 0.1) is 11.3 Å². The lowest BCUT2D eigenvalue weighted by molar-refractivity contribution is 0.280. The summed E-state index contributed by atoms with van der Waals surface area (Å²) in [7, 11) is 1.91. The van der Waals surface area contributed by atoms with Crippen molar-refractivity contribution in [2.24, 2.45) is 7.05 Å². The monoisotopic (exact) mass is 535 g/mol. The van der Waals surface area contributed by atoms with Gasteiger partial charge in [-0.15, -0.1) is 0 Å². The number of rotatable bonds is 7. The molecule has 6 rings (SSSR count). The van der Waals surface area contributed by atoms with Crippen molar-refractivity contribution in [2.75, 3.05) is 22.9 Å². The molecule has 0 bridgehead atoms. The number of fused-ring (bicyclic) bond motifs is 2. The van der Waals surface area contributed by atoms with E-state index >= 15 is 0 Å². The first-order valence-corrected chi connectivity index (χ1v) is 14.2. The molecule has 0 aliphatic carbocycles. The number of anilines is 2. The van der Waals surface area contributed by atoms with Crippen LogP contribution in [-0.4, -0.2) is 49.8 Å². The Morgan fingerprint density at radius 2 is 1.75 bits per heavy atom. The minimum Gasteiger partial charge on any atom is -0.392 e. The second kappa shape index (κ2) is 10.1. The highest BCUT2D eigenvalue weighted by molar-refractivity contribution is 5.77. The van der Waals surface area contributed by atoms with Crippen molar-refractivity contribution in [3.63, 3.8) is 0 Å². The van der Waals surface area contributed by atoms with Crippen molar-refractivity contribution in [1.82, 2.24) is 19.6 Å². The Bertz CT molecular complexity index is 1610. The molecule has 0 fully saturated rings. The Labute approximate surface area is 236 Å². The van der Waals surface area contributed by atoms with E-state index in [1.165, 1.54) is 16.9 Å². The van der Waals surface area contributed by atoms with Crippen LogP contribution in [0.5, 0.6) is 0 Å². The van der Waals surface area contributed by atoms with Crippen molar-refractivity contribution in [2.45, 2.75) is 65.3 Å². The standard InChI is InChI=1S/C32H37N7O/c1-20(2)38-9-8-28-23(12-33)10-22(11-31(28)38)24-13-35-37(16-24)17-26-18-39(21(3)4)30-7-6-27(29(19-40)32(26)30)25-14-34-36(5)15-25/h6-7,10-11,13-16,20-21,26,40H,8-9,17-19H2,1-5H3. The van der Waals surface area contributed by atoms with Crippen molar-refractivity contribution >= 4 is 11.4 Å². The van der Waals surface area contributed by atoms with E-state index in [0.29, 0.717) is 18.6 Å². The minimum absolute atomic E-state index is 0.0292. The molecule has 206 valence electrons. The third-order valence-electron chi connectivity index (χ3n) is 8.52. The molecule has 1 atom stereocenters. The first-order valence-electron chi connectivity index (χ1n) is 14.2. The predicted octanol–water partition coefficient (Wildman–Crippen LogP) is 5.10. The molecule has 40 heavy (non-hydrogen) atoms. The van der Waals surface area contributed by atoms with Gasteiger partial charge in [-0.25, -0.2) is 0 Å². The molecule has 4 heterocycles. The van der Waals surface area contributed by atoms with E-state index in [4.69, 9.17) is 5.10 Å². The molecule has 0 saturated heterocycles. The van der Waals surface area contributed by atoms with Gasteiger partial charge in [-0.05, 0) is 80.1 Å². The van der Waals surface area contributed by atoms with Crippen LogP contribution in [0.3, 0.4) is 0 Å². The Kier molecular flexibility index (Phi) is 6.63. The molecule has 2 aliphatic heterocycles. The third-order valence-corrected chi connectivity index (χ3v) is 8.52. The summed E-state index contributed by atoms with van der Waals surface area (Å²) < 4.78 is 3.81. The zero-order valence-corrected chi connectivity index (χ0v) is 24.0. The van der Waals surface area contributed by atoms with Crippen molar-refractivity contribution in [3.05, 3.63) is 71.3 Å². The Morgan fingerprint density at radius 1 is 0.975 bits per heavy atom. The van der Waals surface area contributed by atoms with E-state index in [-0.39, 0.29) is 12.5 Å². The maximum atomic E-state index is 10.6. The summed E-state index contributed by atoms with van der Waals surface area (Å²) in [5.74, 6) is 0.176. The van der Waals surface area contributed by atoms with Gasteiger partial charge in [0, 0.05) is 79.6 Å². The van der Waals surface area contributed by atoms with E-state index in [1.54, 1.807) is 4.68 Å². The maximum absolute atomic E-state index is 10.6. The molecule has 0 radical (unpaired) electrons. The Morgan fingerprint density at radius 3 is 2.42 bits per heavy atom. The van der Waals surface area contributed by atoms with Crippen LogP contribution >= 0.6 is 0 Å². The molecular weight excluding hydrogens is 498 g/mol. The molecule has 0 saturated carbocycles. The van der Waals surface area contributed by atoms with Gasteiger partial charge in [0.15, 0.2) is 0 Å². The number of aliphatic hydroxyl groups excluding tert-OH is 1. The number of aryl methyl sites for hydroxylation is 1. The average molecular weight is 536 g/mol. The molecule has 2 aliphatic rings. The number of nitrogens with zero attached hydrogens (tertiary/aromatic N) is 7. The van der Waals surface area contributed by atoms with Gasteiger partial charge < -0.3 is 14.9 Å². The first-order chi connectivity index (χ1) is 19.3. The largest absolute Gasteiger partial charge is 0.392 e. The number of nitriles is 1. The average Bonchev–Trinajstić information content (AvgIpc) is 3.73. The van der Waals surface area contributed by atoms with Gasteiger partial charge in [0.05, 0.1) is 30.6 Å². The number of hydrogen-bond acceptors (Lipinski definition) is 6. The van der Waals surface area contributed by atoms with Crippen LogP contribution < -0.4 is 9.80 Å². The smallest absolute Gasteiger partial charge is 0.0995 e. The summed E-state index contributed by atoms with van der Waals surface area (Å²) in [6.07, 6.45) is 8.78. The molecule has 0 spiro atoms. The predicted molar refractivity (Wildman–Crippen MR) is 158 cm³/mol. The van der Waals surface area contributed by atoms with Gasteiger partial charge >= 0.3 is 0 Å². The first kappa shape index (κ1) is 26.1. The van der Waals surface area contributed by atoms with E-state index in [0.717, 1.165) is 58.5 Å². The fourth-order valence-electron chi connectivity index (χ4n) is 6.59. The normalized spacial score (nSPS) is 16.2. The number of benzene rings is 2. The summed E-state index contributed by atoms with van der Waals surface area (Å²) >= 11 is 0. The Hall–Kier alpha value is -4.09. The Balaban J connectivity index is 1.35. The van der Waals surface area contributed by atoms with Crippen LogP contribution in [-0.2, 0) is 26.6 Å². The number of hydrogen-bond donors (Lipinski definition) is 1. The van der Waals surface area contributed by atoms with Gasteiger partial charge in [0.25, 0.3) is 0 Å². The highest BCUT2D eigenvalue weighted by Gasteiger charge is 2.34. The molecule has 1 N–H and O–H groups in total. The maximum Gasteiger partial charge on any atom is 0.0995 e. The van der Waals surface area contributed by atoms with Gasteiger partial charge in [-0.3, -0.25) is 9.36 Å². The molecule has 4 aromatic rings. The minimum atomic E-state index is -0.0292. The molecular formula is C32H37N7O. The summed E-state index contributed by atoms with van der Waals surface area (Å²) in [6, 6.07) is 11.7. The molecule has 8 heteroatoms. The summed E-state index contributed by atoms with van der Waals surface area (Å²) in [5.41, 5.74) is 10.5. The molecule has 2 aromatic carbocycles. The van der Waals surface area contributed by atoms with Gasteiger partial charge in [0.1, 0.15) is 0 Å². The van der Waals surface area contributed by atoms with Crippen LogP contribution in [0.25, 0.3) is 22.3 Å². The van der Waals surface area contributed by atoms with Crippen LogP contribution in [0.4, 0.5) is 11.4 Å². The fourth-order valence-corrected chi connectivity index (χ4v) is 6.59. The highest BCUT2D eigenvalue weighted by Crippen LogP contribution is 2.44. The number of aliphatic hydroxyl groups is 1. The van der Waals surface area contributed by atoms with Crippen LogP contribution in [0.15, 0.2) is 49.1 Å². The SMILES string of the molecule is CC(C)N1CCc2c(C#N)cc(-c3cnn(CC4CN(C(C)C)c5ccc(-c6cnn(C)c6)c(CO)c54)c3)cc21. The lowest BCUT2D eigenvalue weighted by Crippen LogP contribution is -2.30. The zero-order valence-electron chi connectivity index (χ0n) is 24.0. The van der Waals surface area contributed by atoms with Gasteiger partial charge in [0.2, 0.25) is 0 Å². The second-order valence-corrected chi connectivity index (χ2v) is 11.6. The van der Waals surface area contributed by atoms with E-state index in [9.17, 15) is 10.4 Å².